The van der Waals surface area contributed by atoms with E-state index in [9.17, 15) is 4.39 Å². The minimum Gasteiger partial charge on any atom is -0.383 e. The summed E-state index contributed by atoms with van der Waals surface area (Å²) in [5, 5.41) is 3.13. The van der Waals surface area contributed by atoms with Gasteiger partial charge in [-0.25, -0.2) is 4.39 Å². The van der Waals surface area contributed by atoms with Crippen LogP contribution in [0.4, 0.5) is 10.1 Å². The maximum Gasteiger partial charge on any atom is 0.123 e. The van der Waals surface area contributed by atoms with E-state index in [1.807, 2.05) is 19.1 Å². The zero-order valence-electron chi connectivity index (χ0n) is 8.87. The first-order valence-electron chi connectivity index (χ1n) is 5.01. The van der Waals surface area contributed by atoms with E-state index in [1.54, 1.807) is 12.1 Å². The van der Waals surface area contributed by atoms with Crippen molar-refractivity contribution in [1.29, 1.82) is 0 Å². The third-order valence-electron chi connectivity index (χ3n) is 1.87. The van der Waals surface area contributed by atoms with Crippen LogP contribution in [0, 0.1) is 5.82 Å². The lowest BCUT2D eigenvalue weighted by atomic mass is 10.3. The number of hydrogen-bond donors (Lipinski definition) is 1. The molecule has 1 N–H and O–H groups in total. The van der Waals surface area contributed by atoms with Gasteiger partial charge in [-0.3, -0.25) is 0 Å². The van der Waals surface area contributed by atoms with Crippen LogP contribution in [0.5, 0.6) is 0 Å². The monoisotopic (exact) mass is 209 g/mol. The topological polar surface area (TPSA) is 21.3 Å². The highest BCUT2D eigenvalue weighted by molar-refractivity contribution is 5.42. The third-order valence-corrected chi connectivity index (χ3v) is 1.87. The smallest absolute Gasteiger partial charge is 0.123 e. The van der Waals surface area contributed by atoms with Gasteiger partial charge in [0, 0.05) is 12.2 Å². The Labute approximate surface area is 89.8 Å². The van der Waals surface area contributed by atoms with Crippen LogP contribution in [-0.4, -0.2) is 19.8 Å². The van der Waals surface area contributed by atoms with Gasteiger partial charge in [0.25, 0.3) is 0 Å². The molecular weight excluding hydrogens is 193 g/mol. The Hall–Kier alpha value is -1.35. The van der Waals surface area contributed by atoms with Gasteiger partial charge in [-0.2, -0.15) is 0 Å². The van der Waals surface area contributed by atoms with Crippen LogP contribution in [0.3, 0.4) is 0 Å². The minimum atomic E-state index is -0.218. The van der Waals surface area contributed by atoms with Crippen LogP contribution in [0.15, 0.2) is 36.4 Å². The molecule has 1 aromatic rings. The standard InChI is InChI=1S/C12H16FNO/c1-2-3-9-15-10-8-14-12-6-4-11(13)5-7-12/h2-7,14H,8-10H2,1H3. The van der Waals surface area contributed by atoms with Gasteiger partial charge < -0.3 is 10.1 Å². The highest BCUT2D eigenvalue weighted by Gasteiger charge is 1.92. The van der Waals surface area contributed by atoms with Crippen LogP contribution >= 0.6 is 0 Å². The van der Waals surface area contributed by atoms with Crippen molar-refractivity contribution in [3.05, 3.63) is 42.2 Å². The van der Waals surface area contributed by atoms with Crippen LogP contribution in [-0.2, 0) is 4.74 Å². The van der Waals surface area contributed by atoms with Crippen molar-refractivity contribution in [2.45, 2.75) is 6.92 Å². The second-order valence-corrected chi connectivity index (χ2v) is 3.08. The van der Waals surface area contributed by atoms with E-state index < -0.39 is 0 Å². The third kappa shape index (κ3) is 5.18. The zero-order chi connectivity index (χ0) is 10.9. The predicted molar refractivity (Wildman–Crippen MR) is 60.5 cm³/mol. The Morgan fingerprint density at radius 2 is 2.07 bits per heavy atom. The van der Waals surface area contributed by atoms with Crippen molar-refractivity contribution >= 4 is 5.69 Å². The summed E-state index contributed by atoms with van der Waals surface area (Å²) < 4.78 is 17.9. The van der Waals surface area contributed by atoms with E-state index in [0.29, 0.717) is 13.2 Å². The molecule has 0 saturated heterocycles. The lowest BCUT2D eigenvalue weighted by Crippen LogP contribution is -2.09. The average Bonchev–Trinajstić information content (AvgIpc) is 2.26. The molecule has 3 heteroatoms. The van der Waals surface area contributed by atoms with Gasteiger partial charge in [-0.05, 0) is 31.2 Å². The highest BCUT2D eigenvalue weighted by Crippen LogP contribution is 2.07. The normalized spacial score (nSPS) is 10.8. The number of halogens is 1. The van der Waals surface area contributed by atoms with E-state index in [-0.39, 0.29) is 5.82 Å². The number of allylic oxidation sites excluding steroid dienone is 1. The Balaban J connectivity index is 2.12. The van der Waals surface area contributed by atoms with E-state index in [1.165, 1.54) is 12.1 Å². The predicted octanol–water partition coefficient (Wildman–Crippen LogP) is 2.83. The lowest BCUT2D eigenvalue weighted by molar-refractivity contribution is 0.173. The van der Waals surface area contributed by atoms with Gasteiger partial charge in [-0.15, -0.1) is 0 Å². The van der Waals surface area contributed by atoms with Crippen molar-refractivity contribution in [3.63, 3.8) is 0 Å². The molecule has 0 heterocycles. The van der Waals surface area contributed by atoms with Gasteiger partial charge in [0.05, 0.1) is 13.2 Å². The van der Waals surface area contributed by atoms with Crippen molar-refractivity contribution in [2.24, 2.45) is 0 Å². The van der Waals surface area contributed by atoms with Crippen LogP contribution < -0.4 is 5.32 Å². The lowest BCUT2D eigenvalue weighted by Gasteiger charge is -2.05. The number of hydrogen-bond acceptors (Lipinski definition) is 2. The quantitative estimate of drug-likeness (QED) is 0.574. The molecule has 0 bridgehead atoms. The Kier molecular flexibility index (Phi) is 5.48. The molecule has 0 aliphatic rings. The first-order chi connectivity index (χ1) is 7.33. The number of nitrogens with one attached hydrogen (secondary N) is 1. The molecule has 2 nitrogen and oxygen atoms in total. The molecule has 1 aromatic carbocycles. The molecular formula is C12H16FNO. The summed E-state index contributed by atoms with van der Waals surface area (Å²) in [5.41, 5.74) is 0.908. The van der Waals surface area contributed by atoms with E-state index in [2.05, 4.69) is 5.32 Å². The molecule has 0 aliphatic heterocycles. The van der Waals surface area contributed by atoms with Crippen LogP contribution in [0.2, 0.25) is 0 Å². The fourth-order valence-corrected chi connectivity index (χ4v) is 1.08. The summed E-state index contributed by atoms with van der Waals surface area (Å²) in [7, 11) is 0. The van der Waals surface area contributed by atoms with Gasteiger partial charge in [-0.1, -0.05) is 12.2 Å². The summed E-state index contributed by atoms with van der Waals surface area (Å²) in [6, 6.07) is 6.29. The summed E-state index contributed by atoms with van der Waals surface area (Å²) in [4.78, 5) is 0. The Morgan fingerprint density at radius 3 is 2.73 bits per heavy atom. The van der Waals surface area contributed by atoms with Crippen LogP contribution in [0.1, 0.15) is 6.92 Å². The number of rotatable bonds is 6. The molecule has 0 saturated carbocycles. The molecule has 0 amide bonds. The molecule has 0 radical (unpaired) electrons. The fourth-order valence-electron chi connectivity index (χ4n) is 1.08. The van der Waals surface area contributed by atoms with E-state index in [4.69, 9.17) is 4.74 Å². The summed E-state index contributed by atoms with van der Waals surface area (Å²) in [6.07, 6.45) is 3.91. The summed E-state index contributed by atoms with van der Waals surface area (Å²) >= 11 is 0. The van der Waals surface area contributed by atoms with Gasteiger partial charge in [0.2, 0.25) is 0 Å². The van der Waals surface area contributed by atoms with Crippen molar-refractivity contribution < 1.29 is 9.13 Å². The molecule has 0 aromatic heterocycles. The minimum absolute atomic E-state index is 0.218. The molecule has 0 unspecified atom stereocenters. The maximum absolute atomic E-state index is 12.6. The zero-order valence-corrected chi connectivity index (χ0v) is 8.87. The fraction of sp³-hybridized carbons (Fsp3) is 0.333. The molecule has 1 rings (SSSR count). The van der Waals surface area contributed by atoms with Gasteiger partial charge in [0.1, 0.15) is 5.82 Å². The SMILES string of the molecule is CC=CCOCCNc1ccc(F)cc1. The summed E-state index contributed by atoms with van der Waals surface area (Å²) in [5.74, 6) is -0.218. The van der Waals surface area contributed by atoms with E-state index in [0.717, 1.165) is 12.2 Å². The van der Waals surface area contributed by atoms with Crippen molar-refractivity contribution in [1.82, 2.24) is 0 Å². The highest BCUT2D eigenvalue weighted by atomic mass is 19.1. The first kappa shape index (κ1) is 11.7. The average molecular weight is 209 g/mol. The molecule has 0 fully saturated rings. The van der Waals surface area contributed by atoms with Crippen LogP contribution in [0.25, 0.3) is 0 Å². The second kappa shape index (κ2) is 7.01. The second-order valence-electron chi connectivity index (χ2n) is 3.08. The molecule has 15 heavy (non-hydrogen) atoms. The van der Waals surface area contributed by atoms with Gasteiger partial charge >= 0.3 is 0 Å². The van der Waals surface area contributed by atoms with E-state index >= 15 is 0 Å². The maximum atomic E-state index is 12.6. The number of benzene rings is 1. The van der Waals surface area contributed by atoms with Crippen molar-refractivity contribution in [2.75, 3.05) is 25.1 Å². The largest absolute Gasteiger partial charge is 0.383 e. The Bertz CT molecular complexity index is 295. The molecule has 0 spiro atoms. The number of anilines is 1. The number of ether oxygens (including phenoxy) is 1. The molecule has 0 atom stereocenters. The Morgan fingerprint density at radius 1 is 1.33 bits per heavy atom. The molecule has 0 aliphatic carbocycles. The van der Waals surface area contributed by atoms with Crippen molar-refractivity contribution in [3.8, 4) is 0 Å². The summed E-state index contributed by atoms with van der Waals surface area (Å²) in [6.45, 7) is 3.96. The van der Waals surface area contributed by atoms with Gasteiger partial charge in [0.15, 0.2) is 0 Å². The molecule has 82 valence electrons. The first-order valence-corrected chi connectivity index (χ1v) is 5.01.